The summed E-state index contributed by atoms with van der Waals surface area (Å²) < 4.78 is 6.08. The summed E-state index contributed by atoms with van der Waals surface area (Å²) >= 11 is 7.12. The van der Waals surface area contributed by atoms with Crippen LogP contribution in [0.2, 0.25) is 0 Å². The lowest BCUT2D eigenvalue weighted by atomic mass is 9.90. The number of aromatic nitrogens is 1. The number of ether oxygens (including phenoxy) is 1. The van der Waals surface area contributed by atoms with E-state index < -0.39 is 5.24 Å². The zero-order valence-electron chi connectivity index (χ0n) is 18.7. The van der Waals surface area contributed by atoms with Gasteiger partial charge in [-0.25, -0.2) is 0 Å². The number of benzene rings is 1. The van der Waals surface area contributed by atoms with Crippen LogP contribution in [0, 0.1) is 19.8 Å². The van der Waals surface area contributed by atoms with E-state index in [0.29, 0.717) is 23.3 Å². The van der Waals surface area contributed by atoms with Crippen molar-refractivity contribution in [2.45, 2.75) is 59.6 Å². The van der Waals surface area contributed by atoms with Gasteiger partial charge in [0.05, 0.1) is 5.37 Å². The maximum atomic E-state index is 11.8. The summed E-state index contributed by atoms with van der Waals surface area (Å²) in [6.07, 6.45) is 0.860. The molecule has 0 spiro atoms. The van der Waals surface area contributed by atoms with Crippen LogP contribution in [0.5, 0.6) is 0 Å². The van der Waals surface area contributed by atoms with E-state index in [2.05, 4.69) is 50.4 Å². The second-order valence-corrected chi connectivity index (χ2v) is 9.96. The molecule has 1 aliphatic rings. The van der Waals surface area contributed by atoms with Gasteiger partial charge in [-0.1, -0.05) is 55.4 Å². The average molecular weight is 460 g/mol. The van der Waals surface area contributed by atoms with Gasteiger partial charge in [-0.3, -0.25) is 9.78 Å². The van der Waals surface area contributed by atoms with Gasteiger partial charge in [0, 0.05) is 23.5 Å². The number of carbonyl (C=O) groups is 1. The predicted molar refractivity (Wildman–Crippen MR) is 128 cm³/mol. The van der Waals surface area contributed by atoms with Crippen LogP contribution in [-0.4, -0.2) is 15.6 Å². The molecule has 1 aliphatic heterocycles. The van der Waals surface area contributed by atoms with Gasteiger partial charge in [0.25, 0.3) is 5.24 Å². The quantitative estimate of drug-likeness (QED) is 0.531. The third kappa shape index (κ3) is 5.43. The molecule has 0 bridgehead atoms. The highest BCUT2D eigenvalue weighted by molar-refractivity contribution is 8.05. The lowest BCUT2D eigenvalue weighted by Gasteiger charge is -2.22. The molecule has 2 heterocycles. The van der Waals surface area contributed by atoms with E-state index in [0.717, 1.165) is 40.1 Å². The molecule has 0 fully saturated rings. The Morgan fingerprint density at radius 1 is 1.26 bits per heavy atom. The monoisotopic (exact) mass is 459 g/mol. The minimum Gasteiger partial charge on any atom is -0.473 e. The van der Waals surface area contributed by atoms with Crippen LogP contribution in [0.1, 0.15) is 48.8 Å². The van der Waals surface area contributed by atoms with E-state index in [1.165, 1.54) is 17.3 Å². The van der Waals surface area contributed by atoms with Crippen molar-refractivity contribution in [1.29, 1.82) is 0 Å². The standard InChI is InChI=1S/C24H30ClN3O2S/c1-13(2)10-20-18(11-26)21(17-8-6-14(3)7-9-17)19(15(4)27-20)12-30-24-22(23(25)29)31-16(5)28-24/h6-9,13,16,28H,10-12,26H2,1-5H3. The molecule has 7 heteroatoms. The Kier molecular flexibility index (Phi) is 7.68. The molecule has 0 saturated heterocycles. The SMILES string of the molecule is Cc1ccc(-c2c(COC3=C(C(=O)Cl)SC(C)N3)c(C)nc(CC(C)C)c2CN)cc1. The number of nitrogens with zero attached hydrogens (tertiary/aromatic N) is 1. The highest BCUT2D eigenvalue weighted by Gasteiger charge is 2.28. The van der Waals surface area contributed by atoms with E-state index in [1.807, 2.05) is 13.8 Å². The summed E-state index contributed by atoms with van der Waals surface area (Å²) in [5, 5.41) is 2.69. The van der Waals surface area contributed by atoms with E-state index in [4.69, 9.17) is 27.1 Å². The van der Waals surface area contributed by atoms with Crippen LogP contribution < -0.4 is 11.1 Å². The van der Waals surface area contributed by atoms with Crippen molar-refractivity contribution < 1.29 is 9.53 Å². The van der Waals surface area contributed by atoms with Crippen LogP contribution in [0.4, 0.5) is 0 Å². The number of thioether (sulfide) groups is 1. The number of carbonyl (C=O) groups excluding carboxylic acids is 1. The fraction of sp³-hybridized carbons (Fsp3) is 0.417. The number of hydrogen-bond acceptors (Lipinski definition) is 6. The Morgan fingerprint density at radius 2 is 1.94 bits per heavy atom. The molecule has 166 valence electrons. The number of rotatable bonds is 8. The highest BCUT2D eigenvalue weighted by Crippen LogP contribution is 2.36. The van der Waals surface area contributed by atoms with Crippen molar-refractivity contribution in [2.75, 3.05) is 0 Å². The van der Waals surface area contributed by atoms with Crippen LogP contribution in [0.15, 0.2) is 35.1 Å². The predicted octanol–water partition coefficient (Wildman–Crippen LogP) is 5.16. The van der Waals surface area contributed by atoms with Crippen LogP contribution in [0.25, 0.3) is 11.1 Å². The zero-order chi connectivity index (χ0) is 22.7. The molecule has 1 aromatic carbocycles. The first-order valence-corrected chi connectivity index (χ1v) is 11.7. The van der Waals surface area contributed by atoms with Crippen LogP contribution in [0.3, 0.4) is 0 Å². The molecule has 3 N–H and O–H groups in total. The average Bonchev–Trinajstić information content (AvgIpc) is 3.08. The van der Waals surface area contributed by atoms with Gasteiger partial charge < -0.3 is 15.8 Å². The van der Waals surface area contributed by atoms with Gasteiger partial charge >= 0.3 is 0 Å². The Balaban J connectivity index is 2.09. The number of nitrogens with one attached hydrogen (secondary N) is 1. The molecule has 3 rings (SSSR count). The van der Waals surface area contributed by atoms with E-state index in [9.17, 15) is 4.79 Å². The molecular weight excluding hydrogens is 430 g/mol. The summed E-state index contributed by atoms with van der Waals surface area (Å²) in [4.78, 5) is 17.1. The fourth-order valence-corrected chi connectivity index (χ4v) is 4.82. The Labute approximate surface area is 193 Å². The molecule has 1 unspecified atom stereocenters. The molecule has 0 radical (unpaired) electrons. The maximum absolute atomic E-state index is 11.8. The van der Waals surface area contributed by atoms with E-state index in [-0.39, 0.29) is 12.0 Å². The third-order valence-electron chi connectivity index (χ3n) is 5.21. The molecule has 31 heavy (non-hydrogen) atoms. The van der Waals surface area contributed by atoms with Crippen LogP contribution >= 0.6 is 23.4 Å². The fourth-order valence-electron chi connectivity index (χ4n) is 3.76. The van der Waals surface area contributed by atoms with Gasteiger partial charge in [-0.15, -0.1) is 0 Å². The highest BCUT2D eigenvalue weighted by atomic mass is 35.5. The molecule has 0 aliphatic carbocycles. The minimum absolute atomic E-state index is 0.0245. The summed E-state index contributed by atoms with van der Waals surface area (Å²) in [5.74, 6) is 0.890. The van der Waals surface area contributed by atoms with Crippen molar-refractivity contribution in [3.05, 3.63) is 63.1 Å². The number of aryl methyl sites for hydroxylation is 2. The van der Waals surface area contributed by atoms with Gasteiger partial charge in [-0.2, -0.15) is 0 Å². The number of pyridine rings is 1. The first kappa shape index (κ1) is 23.6. The number of allylic oxidation sites excluding steroid dienone is 1. The maximum Gasteiger partial charge on any atom is 0.264 e. The normalized spacial score (nSPS) is 16.1. The molecule has 1 atom stereocenters. The molecule has 0 amide bonds. The minimum atomic E-state index is -0.514. The van der Waals surface area contributed by atoms with Gasteiger partial charge in [0.1, 0.15) is 11.5 Å². The smallest absolute Gasteiger partial charge is 0.264 e. The van der Waals surface area contributed by atoms with Crippen molar-refractivity contribution in [3.8, 4) is 11.1 Å². The first-order valence-electron chi connectivity index (χ1n) is 10.5. The Bertz CT molecular complexity index is 1000. The van der Waals surface area contributed by atoms with Crippen molar-refractivity contribution >= 4 is 28.6 Å². The number of nitrogens with two attached hydrogens (primary N) is 1. The summed E-state index contributed by atoms with van der Waals surface area (Å²) in [6, 6.07) is 8.43. The van der Waals surface area contributed by atoms with E-state index in [1.54, 1.807) is 0 Å². The Hall–Kier alpha value is -2.02. The summed E-state index contributed by atoms with van der Waals surface area (Å²) in [7, 11) is 0. The molecule has 2 aromatic rings. The molecule has 5 nitrogen and oxygen atoms in total. The first-order chi connectivity index (χ1) is 14.7. The summed E-state index contributed by atoms with van der Waals surface area (Å²) in [5.41, 5.74) is 13.6. The van der Waals surface area contributed by atoms with Gasteiger partial charge in [-0.05, 0) is 61.4 Å². The molecular formula is C24H30ClN3O2S. The van der Waals surface area contributed by atoms with Crippen molar-refractivity contribution in [2.24, 2.45) is 11.7 Å². The van der Waals surface area contributed by atoms with Crippen molar-refractivity contribution in [1.82, 2.24) is 10.3 Å². The van der Waals surface area contributed by atoms with Gasteiger partial charge in [0.2, 0.25) is 5.88 Å². The second kappa shape index (κ2) is 10.1. The van der Waals surface area contributed by atoms with Crippen LogP contribution in [-0.2, 0) is 29.1 Å². The lowest BCUT2D eigenvalue weighted by Crippen LogP contribution is -2.19. The summed E-state index contributed by atoms with van der Waals surface area (Å²) in [6.45, 7) is 11.1. The Morgan fingerprint density at radius 3 is 2.52 bits per heavy atom. The molecule has 0 saturated carbocycles. The third-order valence-corrected chi connectivity index (χ3v) is 6.59. The van der Waals surface area contributed by atoms with Gasteiger partial charge in [0.15, 0.2) is 0 Å². The lowest BCUT2D eigenvalue weighted by molar-refractivity contribution is -0.108. The number of hydrogen-bond donors (Lipinski definition) is 2. The largest absolute Gasteiger partial charge is 0.473 e. The van der Waals surface area contributed by atoms with E-state index >= 15 is 0 Å². The molecule has 1 aromatic heterocycles. The second-order valence-electron chi connectivity index (χ2n) is 8.27. The topological polar surface area (TPSA) is 77.2 Å². The zero-order valence-corrected chi connectivity index (χ0v) is 20.3. The van der Waals surface area contributed by atoms with Crippen molar-refractivity contribution in [3.63, 3.8) is 0 Å². The number of halogens is 1.